The van der Waals surface area contributed by atoms with Gasteiger partial charge in [0, 0.05) is 50.9 Å². The van der Waals surface area contributed by atoms with Crippen LogP contribution in [0.1, 0.15) is 77.6 Å². The summed E-state index contributed by atoms with van der Waals surface area (Å²) in [6.07, 6.45) is 9.51. The normalized spacial score (nSPS) is 41.1. The van der Waals surface area contributed by atoms with Crippen molar-refractivity contribution >= 4 is 23.3 Å². The number of ether oxygens (including phenoxy) is 1. The van der Waals surface area contributed by atoms with Gasteiger partial charge in [0.25, 0.3) is 0 Å². The number of carbonyl (C=O) groups is 1. The fourth-order valence-electron chi connectivity index (χ4n) is 7.12. The van der Waals surface area contributed by atoms with Gasteiger partial charge < -0.3 is 15.4 Å². The first-order valence-corrected chi connectivity index (χ1v) is 14.2. The van der Waals surface area contributed by atoms with Crippen LogP contribution < -0.4 is 10.6 Å². The van der Waals surface area contributed by atoms with Crippen molar-refractivity contribution < 1.29 is 13.9 Å². The molecule has 0 spiro atoms. The van der Waals surface area contributed by atoms with Crippen molar-refractivity contribution in [3.8, 4) is 0 Å². The molecule has 9 unspecified atom stereocenters. The van der Waals surface area contributed by atoms with Crippen molar-refractivity contribution in [3.63, 3.8) is 0 Å². The van der Waals surface area contributed by atoms with Gasteiger partial charge in [-0.05, 0) is 87.4 Å². The van der Waals surface area contributed by atoms with E-state index in [2.05, 4.69) is 22.5 Å². The first kappa shape index (κ1) is 26.2. The Labute approximate surface area is 210 Å². The lowest BCUT2D eigenvalue weighted by molar-refractivity contribution is -0.128. The molecule has 7 heteroatoms. The van der Waals surface area contributed by atoms with Crippen LogP contribution in [0, 0.1) is 35.5 Å². The smallest absolute Gasteiger partial charge is 0.223 e. The van der Waals surface area contributed by atoms with Gasteiger partial charge in [-0.3, -0.25) is 9.79 Å². The van der Waals surface area contributed by atoms with Gasteiger partial charge in [0.1, 0.15) is 6.17 Å². The lowest BCUT2D eigenvalue weighted by Gasteiger charge is -2.43. The van der Waals surface area contributed by atoms with Gasteiger partial charge in [-0.1, -0.05) is 6.92 Å². The zero-order valence-electron chi connectivity index (χ0n) is 21.1. The average molecular weight is 498 g/mol. The molecule has 1 heterocycles. The highest BCUT2D eigenvalue weighted by Gasteiger charge is 2.42. The second kappa shape index (κ2) is 12.4. The van der Waals surface area contributed by atoms with Crippen molar-refractivity contribution in [2.24, 2.45) is 40.5 Å². The predicted molar refractivity (Wildman–Crippen MR) is 136 cm³/mol. The van der Waals surface area contributed by atoms with E-state index in [1.54, 1.807) is 7.11 Å². The number of amides is 1. The maximum atomic E-state index is 14.1. The molecule has 0 saturated heterocycles. The Morgan fingerprint density at radius 2 is 1.94 bits per heavy atom. The fraction of sp³-hybridized carbons (Fsp3) is 0.926. The number of hydrogen-bond acceptors (Lipinski definition) is 4. The van der Waals surface area contributed by atoms with Crippen molar-refractivity contribution in [2.45, 2.75) is 95.2 Å². The molecule has 4 aliphatic rings. The number of halogens is 2. The quantitative estimate of drug-likeness (QED) is 0.480. The molecule has 2 N–H and O–H groups in total. The van der Waals surface area contributed by atoms with Gasteiger partial charge in [0.2, 0.25) is 5.91 Å². The molecule has 3 saturated carbocycles. The number of nitrogens with one attached hydrogen (secondary N) is 2. The molecule has 3 aliphatic carbocycles. The van der Waals surface area contributed by atoms with Crippen LogP contribution in [0.15, 0.2) is 4.99 Å². The van der Waals surface area contributed by atoms with Crippen LogP contribution in [-0.4, -0.2) is 56.1 Å². The Morgan fingerprint density at radius 3 is 2.68 bits per heavy atom. The molecule has 1 amide bonds. The van der Waals surface area contributed by atoms with Crippen LogP contribution in [0.4, 0.5) is 4.39 Å². The van der Waals surface area contributed by atoms with E-state index in [0.717, 1.165) is 83.3 Å². The molecule has 9 atom stereocenters. The number of nitrogens with zero attached hydrogens (tertiary/aromatic N) is 1. The maximum absolute atomic E-state index is 14.1. The van der Waals surface area contributed by atoms with Crippen molar-refractivity contribution in [1.82, 2.24) is 10.6 Å². The Balaban J connectivity index is 1.37. The number of methoxy groups -OCH3 is 1. The minimum absolute atomic E-state index is 0.0264. The number of rotatable bonds is 7. The molecule has 1 aliphatic heterocycles. The molecule has 0 aromatic heterocycles. The van der Waals surface area contributed by atoms with Gasteiger partial charge >= 0.3 is 0 Å². The summed E-state index contributed by atoms with van der Waals surface area (Å²) in [4.78, 5) is 17.9. The third-order valence-corrected chi connectivity index (χ3v) is 9.75. The molecular weight excluding hydrogens is 453 g/mol. The predicted octanol–water partition coefficient (Wildman–Crippen LogP) is 5.11. The summed E-state index contributed by atoms with van der Waals surface area (Å²) in [6, 6.07) is 0. The molecule has 5 nitrogen and oxygen atoms in total. The highest BCUT2D eigenvalue weighted by Crippen LogP contribution is 2.44. The zero-order valence-corrected chi connectivity index (χ0v) is 21.9. The monoisotopic (exact) mass is 497 g/mol. The maximum Gasteiger partial charge on any atom is 0.223 e. The summed E-state index contributed by atoms with van der Waals surface area (Å²) in [6.45, 7) is 4.79. The largest absolute Gasteiger partial charge is 0.381 e. The van der Waals surface area contributed by atoms with E-state index in [4.69, 9.17) is 16.3 Å². The number of aliphatic imine (C=N–C) groups is 1. The van der Waals surface area contributed by atoms with Crippen LogP contribution in [-0.2, 0) is 9.53 Å². The Hall–Kier alpha value is -0.880. The van der Waals surface area contributed by atoms with Crippen molar-refractivity contribution in [1.29, 1.82) is 0 Å². The van der Waals surface area contributed by atoms with E-state index < -0.39 is 6.17 Å². The van der Waals surface area contributed by atoms with Crippen LogP contribution in [0.5, 0.6) is 0 Å². The molecule has 0 radical (unpaired) electrons. The first-order valence-electron chi connectivity index (χ1n) is 13.8. The van der Waals surface area contributed by atoms with E-state index in [-0.39, 0.29) is 23.3 Å². The first-order chi connectivity index (χ1) is 16.4. The van der Waals surface area contributed by atoms with E-state index in [1.165, 1.54) is 0 Å². The fourth-order valence-corrected chi connectivity index (χ4v) is 7.35. The SMILES string of the molecule is COC1CC(F)CCC1C1CC(CNC2=NCCC2)CC(C(=O)NCC2CCC(Cl)C(C)C2)C1. The van der Waals surface area contributed by atoms with Crippen LogP contribution in [0.2, 0.25) is 0 Å². The number of alkyl halides is 2. The number of amidine groups is 1. The van der Waals surface area contributed by atoms with Gasteiger partial charge in [0.05, 0.1) is 11.9 Å². The van der Waals surface area contributed by atoms with Gasteiger partial charge in [-0.15, -0.1) is 11.6 Å². The summed E-state index contributed by atoms with van der Waals surface area (Å²) in [5.74, 6) is 3.60. The molecule has 4 rings (SSSR count). The number of carbonyl (C=O) groups excluding carboxylic acids is 1. The molecule has 194 valence electrons. The Bertz CT molecular complexity index is 707. The van der Waals surface area contributed by atoms with Gasteiger partial charge in [-0.2, -0.15) is 0 Å². The van der Waals surface area contributed by atoms with E-state index in [1.807, 2.05) is 0 Å². The lowest BCUT2D eigenvalue weighted by Crippen LogP contribution is -2.45. The second-order valence-corrected chi connectivity index (χ2v) is 12.2. The van der Waals surface area contributed by atoms with E-state index >= 15 is 0 Å². The molecule has 0 aromatic rings. The highest BCUT2D eigenvalue weighted by atomic mass is 35.5. The summed E-state index contributed by atoms with van der Waals surface area (Å²) in [7, 11) is 1.72. The topological polar surface area (TPSA) is 62.7 Å². The number of hydrogen-bond donors (Lipinski definition) is 2. The second-order valence-electron chi connectivity index (χ2n) is 11.6. The van der Waals surface area contributed by atoms with Crippen molar-refractivity contribution in [2.75, 3.05) is 26.7 Å². The van der Waals surface area contributed by atoms with E-state index in [0.29, 0.717) is 42.4 Å². The van der Waals surface area contributed by atoms with E-state index in [9.17, 15) is 9.18 Å². The van der Waals surface area contributed by atoms with Gasteiger partial charge in [0.15, 0.2) is 0 Å². The van der Waals surface area contributed by atoms with Crippen molar-refractivity contribution in [3.05, 3.63) is 0 Å². The standard InChI is InChI=1S/C27H45ClFN3O2/c1-17-10-18(5-8-24(17)28)15-32-27(33)21-12-19(16-31-26-4-3-9-30-26)11-20(13-21)23-7-6-22(29)14-25(23)34-2/h17-25H,3-16H2,1-2H3,(H,30,31)(H,32,33). The summed E-state index contributed by atoms with van der Waals surface area (Å²) in [5.41, 5.74) is 0. The molecule has 3 fully saturated rings. The Kier molecular flexibility index (Phi) is 9.54. The Morgan fingerprint density at radius 1 is 1.09 bits per heavy atom. The van der Waals surface area contributed by atoms with Crippen LogP contribution >= 0.6 is 11.6 Å². The minimum atomic E-state index is -0.757. The summed E-state index contributed by atoms with van der Waals surface area (Å²) in [5, 5.41) is 7.16. The third kappa shape index (κ3) is 6.87. The van der Waals surface area contributed by atoms with Gasteiger partial charge in [-0.25, -0.2) is 4.39 Å². The lowest BCUT2D eigenvalue weighted by atomic mass is 9.65. The van der Waals surface area contributed by atoms with Crippen LogP contribution in [0.25, 0.3) is 0 Å². The zero-order chi connectivity index (χ0) is 24.1. The highest BCUT2D eigenvalue weighted by molar-refractivity contribution is 6.20. The third-order valence-electron chi connectivity index (χ3n) is 9.11. The molecule has 34 heavy (non-hydrogen) atoms. The molecule has 0 aromatic carbocycles. The van der Waals surface area contributed by atoms with Crippen LogP contribution in [0.3, 0.4) is 0 Å². The minimum Gasteiger partial charge on any atom is -0.381 e. The summed E-state index contributed by atoms with van der Waals surface area (Å²) < 4.78 is 19.8. The summed E-state index contributed by atoms with van der Waals surface area (Å²) >= 11 is 6.40. The molecule has 0 bridgehead atoms. The average Bonchev–Trinajstić information content (AvgIpc) is 3.36. The molecular formula is C27H45ClFN3O2.